The monoisotopic (exact) mass is 336 g/mol. The summed E-state index contributed by atoms with van der Waals surface area (Å²) in [5, 5.41) is 26.1. The smallest absolute Gasteiger partial charge is 0.307 e. The summed E-state index contributed by atoms with van der Waals surface area (Å²) in [6, 6.07) is 8.26. The van der Waals surface area contributed by atoms with Gasteiger partial charge in [0.05, 0.1) is 20.6 Å². The highest BCUT2D eigenvalue weighted by atomic mass is 35.5. The fourth-order valence-corrected chi connectivity index (χ4v) is 1.92. The summed E-state index contributed by atoms with van der Waals surface area (Å²) < 4.78 is 0. The highest BCUT2D eigenvalue weighted by Crippen LogP contribution is 2.27. The molecule has 2 rings (SSSR count). The molecule has 0 saturated heterocycles. The topological polar surface area (TPSA) is 127 Å². The molecule has 118 valence electrons. The number of nitro benzene ring substituents is 2. The van der Waals surface area contributed by atoms with Crippen LogP contribution in [0.25, 0.3) is 0 Å². The molecule has 0 radical (unpaired) electrons. The first-order valence-corrected chi connectivity index (χ1v) is 6.51. The predicted octanol–water partition coefficient (Wildman–Crippen LogP) is 3.80. The Balaban J connectivity index is 2.09. The van der Waals surface area contributed by atoms with E-state index in [0.717, 1.165) is 6.07 Å². The molecule has 9 nitrogen and oxygen atoms in total. The molecule has 0 bridgehead atoms. The number of halogens is 1. The van der Waals surface area contributed by atoms with E-state index in [1.165, 1.54) is 36.4 Å². The van der Waals surface area contributed by atoms with E-state index in [0.29, 0.717) is 0 Å². The van der Waals surface area contributed by atoms with Crippen LogP contribution >= 0.6 is 11.6 Å². The van der Waals surface area contributed by atoms with Crippen molar-refractivity contribution < 1.29 is 14.6 Å². The molecule has 0 saturated carbocycles. The van der Waals surface area contributed by atoms with Crippen molar-refractivity contribution in [3.05, 3.63) is 67.7 Å². The number of amides is 2. The van der Waals surface area contributed by atoms with Crippen LogP contribution in [0.15, 0.2) is 42.5 Å². The number of nitrogens with zero attached hydrogens (tertiary/aromatic N) is 2. The van der Waals surface area contributed by atoms with Gasteiger partial charge in [-0.1, -0.05) is 17.7 Å². The van der Waals surface area contributed by atoms with Gasteiger partial charge in [-0.25, -0.2) is 4.79 Å². The van der Waals surface area contributed by atoms with Gasteiger partial charge in [0, 0.05) is 30.0 Å². The minimum atomic E-state index is -0.693. The molecule has 23 heavy (non-hydrogen) atoms. The lowest BCUT2D eigenvalue weighted by Crippen LogP contribution is -2.19. The summed E-state index contributed by atoms with van der Waals surface area (Å²) >= 11 is 5.85. The van der Waals surface area contributed by atoms with Crippen molar-refractivity contribution in [1.82, 2.24) is 0 Å². The van der Waals surface area contributed by atoms with Gasteiger partial charge in [0.25, 0.3) is 11.4 Å². The third kappa shape index (κ3) is 4.14. The van der Waals surface area contributed by atoms with Gasteiger partial charge in [-0.3, -0.25) is 20.2 Å². The van der Waals surface area contributed by atoms with Crippen molar-refractivity contribution in [3.63, 3.8) is 0 Å². The van der Waals surface area contributed by atoms with Crippen molar-refractivity contribution in [3.8, 4) is 0 Å². The summed E-state index contributed by atoms with van der Waals surface area (Å²) in [7, 11) is 0. The van der Waals surface area contributed by atoms with E-state index in [1.807, 2.05) is 0 Å². The summed E-state index contributed by atoms with van der Waals surface area (Å²) in [5.74, 6) is 0. The van der Waals surface area contributed by atoms with Gasteiger partial charge >= 0.3 is 6.03 Å². The van der Waals surface area contributed by atoms with Gasteiger partial charge in [-0.05, 0) is 12.1 Å². The minimum Gasteiger partial charge on any atom is -0.307 e. The maximum absolute atomic E-state index is 11.8. The van der Waals surface area contributed by atoms with Crippen molar-refractivity contribution in [2.75, 3.05) is 10.6 Å². The first-order chi connectivity index (χ1) is 10.9. The van der Waals surface area contributed by atoms with Crippen LogP contribution in [0.2, 0.25) is 5.02 Å². The number of nitro groups is 2. The zero-order valence-electron chi connectivity index (χ0n) is 11.4. The minimum absolute atomic E-state index is 0.00612. The van der Waals surface area contributed by atoms with Crippen LogP contribution in [-0.2, 0) is 0 Å². The van der Waals surface area contributed by atoms with E-state index >= 15 is 0 Å². The standard InChI is InChI=1S/C13H9ClN4O5/c14-11-7-10(18(22)23)4-5-12(11)16-13(19)15-8-2-1-3-9(6-8)17(20)21/h1-7H,(H2,15,16,19). The molecule has 2 N–H and O–H groups in total. The Hall–Kier alpha value is -3.20. The maximum Gasteiger partial charge on any atom is 0.323 e. The first kappa shape index (κ1) is 16.2. The molecule has 10 heteroatoms. The number of carbonyl (C=O) groups is 1. The SMILES string of the molecule is O=C(Nc1cccc([N+](=O)[O-])c1)Nc1ccc([N+](=O)[O-])cc1Cl. The van der Waals surface area contributed by atoms with Crippen molar-refractivity contribution in [2.24, 2.45) is 0 Å². The lowest BCUT2D eigenvalue weighted by Gasteiger charge is -2.08. The number of hydrogen-bond acceptors (Lipinski definition) is 5. The fraction of sp³-hybridized carbons (Fsp3) is 0. The van der Waals surface area contributed by atoms with Crippen LogP contribution in [0.4, 0.5) is 27.5 Å². The normalized spacial score (nSPS) is 9.96. The Labute approximate surface area is 134 Å². The van der Waals surface area contributed by atoms with Gasteiger partial charge in [-0.2, -0.15) is 0 Å². The zero-order valence-corrected chi connectivity index (χ0v) is 12.1. The quantitative estimate of drug-likeness (QED) is 0.648. The second-order valence-corrected chi connectivity index (χ2v) is 4.72. The Morgan fingerprint density at radius 2 is 1.61 bits per heavy atom. The van der Waals surface area contributed by atoms with Crippen LogP contribution in [-0.4, -0.2) is 15.9 Å². The summed E-state index contributed by atoms with van der Waals surface area (Å²) in [6.07, 6.45) is 0. The number of nitrogens with one attached hydrogen (secondary N) is 2. The lowest BCUT2D eigenvalue weighted by molar-refractivity contribution is -0.385. The van der Waals surface area contributed by atoms with Gasteiger partial charge < -0.3 is 10.6 Å². The second kappa shape index (κ2) is 6.71. The summed E-state index contributed by atoms with van der Waals surface area (Å²) in [4.78, 5) is 31.9. The Morgan fingerprint density at radius 1 is 0.957 bits per heavy atom. The highest BCUT2D eigenvalue weighted by Gasteiger charge is 2.12. The average Bonchev–Trinajstić information content (AvgIpc) is 2.49. The van der Waals surface area contributed by atoms with Crippen LogP contribution < -0.4 is 10.6 Å². The van der Waals surface area contributed by atoms with Gasteiger partial charge in [-0.15, -0.1) is 0 Å². The van der Waals surface area contributed by atoms with Crippen LogP contribution in [0, 0.1) is 20.2 Å². The molecule has 0 unspecified atom stereocenters. The van der Waals surface area contributed by atoms with Crippen LogP contribution in [0.5, 0.6) is 0 Å². The number of rotatable bonds is 4. The number of non-ortho nitro benzene ring substituents is 2. The van der Waals surface area contributed by atoms with Crippen molar-refractivity contribution >= 4 is 40.4 Å². The Bertz CT molecular complexity index is 796. The number of carbonyl (C=O) groups excluding carboxylic acids is 1. The Morgan fingerprint density at radius 3 is 2.22 bits per heavy atom. The van der Waals surface area contributed by atoms with Gasteiger partial charge in [0.2, 0.25) is 0 Å². The molecule has 0 aromatic heterocycles. The van der Waals surface area contributed by atoms with E-state index in [2.05, 4.69) is 10.6 Å². The molecule has 2 aromatic carbocycles. The zero-order chi connectivity index (χ0) is 17.0. The predicted molar refractivity (Wildman–Crippen MR) is 83.8 cm³/mol. The summed E-state index contributed by atoms with van der Waals surface area (Å²) in [6.45, 7) is 0. The Kier molecular flexibility index (Phi) is 4.72. The van der Waals surface area contributed by atoms with Crippen LogP contribution in [0.1, 0.15) is 0 Å². The van der Waals surface area contributed by atoms with Gasteiger partial charge in [0.15, 0.2) is 0 Å². The molecular formula is C13H9ClN4O5. The molecule has 0 aliphatic rings. The largest absolute Gasteiger partial charge is 0.323 e. The van der Waals surface area contributed by atoms with Crippen LogP contribution in [0.3, 0.4) is 0 Å². The van der Waals surface area contributed by atoms with Gasteiger partial charge in [0.1, 0.15) is 0 Å². The number of hydrogen-bond donors (Lipinski definition) is 2. The highest BCUT2D eigenvalue weighted by molar-refractivity contribution is 6.34. The molecule has 0 aliphatic heterocycles. The molecule has 0 spiro atoms. The number of benzene rings is 2. The molecular weight excluding hydrogens is 328 g/mol. The first-order valence-electron chi connectivity index (χ1n) is 6.13. The van der Waals surface area contributed by atoms with Crippen molar-refractivity contribution in [2.45, 2.75) is 0 Å². The molecule has 2 aromatic rings. The van der Waals surface area contributed by atoms with Crippen molar-refractivity contribution in [1.29, 1.82) is 0 Å². The molecule has 0 aliphatic carbocycles. The third-order valence-electron chi connectivity index (χ3n) is 2.73. The fourth-order valence-electron chi connectivity index (χ4n) is 1.70. The van der Waals surface area contributed by atoms with E-state index in [4.69, 9.17) is 11.6 Å². The third-order valence-corrected chi connectivity index (χ3v) is 3.04. The molecule has 0 fully saturated rings. The summed E-state index contributed by atoms with van der Waals surface area (Å²) in [5.41, 5.74) is 0.00532. The molecule has 0 heterocycles. The van der Waals surface area contributed by atoms with E-state index in [1.54, 1.807) is 0 Å². The molecule has 0 atom stereocenters. The van der Waals surface area contributed by atoms with E-state index in [-0.39, 0.29) is 27.8 Å². The number of urea groups is 1. The maximum atomic E-state index is 11.8. The van der Waals surface area contributed by atoms with E-state index in [9.17, 15) is 25.0 Å². The van der Waals surface area contributed by atoms with E-state index < -0.39 is 15.9 Å². The number of anilines is 2. The lowest BCUT2D eigenvalue weighted by atomic mass is 10.2. The molecule has 2 amide bonds. The average molecular weight is 337 g/mol. The second-order valence-electron chi connectivity index (χ2n) is 4.31.